The summed E-state index contributed by atoms with van der Waals surface area (Å²) in [5.41, 5.74) is 0.755. The molecule has 0 aromatic heterocycles. The third-order valence-corrected chi connectivity index (χ3v) is 7.70. The van der Waals surface area contributed by atoms with Crippen LogP contribution < -0.4 is 0 Å². The largest absolute Gasteiger partial charge is 0.362 e. The molecule has 0 N–H and O–H groups in total. The highest BCUT2D eigenvalue weighted by Gasteiger charge is 2.78. The number of rotatable bonds is 1. The lowest BCUT2D eigenvalue weighted by molar-refractivity contribution is 0.0215. The predicted octanol–water partition coefficient (Wildman–Crippen LogP) is 4.53. The van der Waals surface area contributed by atoms with Gasteiger partial charge in [0.1, 0.15) is 5.60 Å². The summed E-state index contributed by atoms with van der Waals surface area (Å²) in [5.74, 6) is 1.67. The molecule has 0 amide bonds. The van der Waals surface area contributed by atoms with Crippen LogP contribution in [0.4, 0.5) is 0 Å². The van der Waals surface area contributed by atoms with Crippen LogP contribution in [0.1, 0.15) is 59.8 Å². The summed E-state index contributed by atoms with van der Waals surface area (Å²) >= 11 is 3.95. The first kappa shape index (κ1) is 12.5. The Bertz CT molecular complexity index is 342. The van der Waals surface area contributed by atoms with Gasteiger partial charge in [0.2, 0.25) is 0 Å². The Kier molecular flexibility index (Phi) is 2.57. The SMILES string of the molecule is CC(C)[C@@H]1CC[C@@]2(C)[C@H](Br)CC[C@@]3(C)O[C@]32C1. The zero-order valence-corrected chi connectivity index (χ0v) is 13.1. The van der Waals surface area contributed by atoms with E-state index >= 15 is 0 Å². The molecular formula is C15H25BrO. The molecule has 2 saturated carbocycles. The van der Waals surface area contributed by atoms with Crippen molar-refractivity contribution in [2.24, 2.45) is 17.3 Å². The van der Waals surface area contributed by atoms with Gasteiger partial charge in [-0.25, -0.2) is 0 Å². The fourth-order valence-electron chi connectivity index (χ4n) is 4.68. The van der Waals surface area contributed by atoms with Gasteiger partial charge in [-0.3, -0.25) is 0 Å². The predicted molar refractivity (Wildman–Crippen MR) is 74.5 cm³/mol. The van der Waals surface area contributed by atoms with Crippen LogP contribution in [0.25, 0.3) is 0 Å². The van der Waals surface area contributed by atoms with Gasteiger partial charge in [0.15, 0.2) is 0 Å². The zero-order chi connectivity index (χ0) is 12.5. The number of alkyl halides is 1. The van der Waals surface area contributed by atoms with Gasteiger partial charge in [-0.05, 0) is 50.9 Å². The minimum Gasteiger partial charge on any atom is -0.362 e. The summed E-state index contributed by atoms with van der Waals surface area (Å²) in [6.07, 6.45) is 6.53. The second-order valence-corrected chi connectivity index (χ2v) is 8.44. The van der Waals surface area contributed by atoms with E-state index in [1.54, 1.807) is 0 Å². The fraction of sp³-hybridized carbons (Fsp3) is 1.00. The van der Waals surface area contributed by atoms with Gasteiger partial charge in [0.25, 0.3) is 0 Å². The molecule has 98 valence electrons. The van der Waals surface area contributed by atoms with Gasteiger partial charge in [-0.1, -0.05) is 36.7 Å². The quantitative estimate of drug-likeness (QED) is 0.512. The van der Waals surface area contributed by atoms with Crippen LogP contribution in [0.15, 0.2) is 0 Å². The monoisotopic (exact) mass is 300 g/mol. The fourth-order valence-corrected chi connectivity index (χ4v) is 5.51. The Hall–Kier alpha value is 0.440. The molecule has 1 aliphatic heterocycles. The number of hydrogen-bond acceptors (Lipinski definition) is 1. The number of halogens is 1. The minimum absolute atomic E-state index is 0.194. The van der Waals surface area contributed by atoms with E-state index in [4.69, 9.17) is 4.74 Å². The zero-order valence-electron chi connectivity index (χ0n) is 11.6. The van der Waals surface area contributed by atoms with Crippen molar-refractivity contribution in [3.63, 3.8) is 0 Å². The molecule has 0 aromatic carbocycles. The maximum Gasteiger partial charge on any atom is 0.104 e. The molecule has 2 aliphatic carbocycles. The number of ether oxygens (including phenoxy) is 1. The summed E-state index contributed by atoms with van der Waals surface area (Å²) in [6.45, 7) is 9.57. The minimum atomic E-state index is 0.194. The van der Waals surface area contributed by atoms with Crippen LogP contribution in [0.2, 0.25) is 0 Å². The summed E-state index contributed by atoms with van der Waals surface area (Å²) in [6, 6.07) is 0. The van der Waals surface area contributed by atoms with Crippen molar-refractivity contribution in [2.45, 2.75) is 75.8 Å². The molecule has 2 heteroatoms. The summed E-state index contributed by atoms with van der Waals surface area (Å²) in [7, 11) is 0. The smallest absolute Gasteiger partial charge is 0.104 e. The lowest BCUT2D eigenvalue weighted by Gasteiger charge is -2.50. The standard InChI is InChI=1S/C15H25BrO/c1-10(2)11-5-7-13(3)12(16)6-8-14(4)15(13,9-11)17-14/h10-12H,5-9H2,1-4H3/t11-,12-,13+,14-,15+/m1/s1. The van der Waals surface area contributed by atoms with Gasteiger partial charge >= 0.3 is 0 Å². The van der Waals surface area contributed by atoms with E-state index in [0.717, 1.165) is 11.8 Å². The molecule has 17 heavy (non-hydrogen) atoms. The highest BCUT2D eigenvalue weighted by Crippen LogP contribution is 2.72. The topological polar surface area (TPSA) is 12.5 Å². The molecule has 3 aliphatic rings. The molecule has 0 bridgehead atoms. The highest BCUT2D eigenvalue weighted by molar-refractivity contribution is 9.09. The van der Waals surface area contributed by atoms with Crippen molar-refractivity contribution in [1.29, 1.82) is 0 Å². The van der Waals surface area contributed by atoms with Crippen molar-refractivity contribution in [3.05, 3.63) is 0 Å². The third kappa shape index (κ3) is 1.40. The Morgan fingerprint density at radius 1 is 1.18 bits per heavy atom. The Morgan fingerprint density at radius 2 is 1.88 bits per heavy atom. The summed E-state index contributed by atoms with van der Waals surface area (Å²) in [5, 5.41) is 0. The third-order valence-electron chi connectivity index (χ3n) is 6.23. The van der Waals surface area contributed by atoms with E-state index in [1.807, 2.05) is 0 Å². The van der Waals surface area contributed by atoms with Gasteiger partial charge in [-0.2, -0.15) is 0 Å². The molecule has 0 aromatic rings. The van der Waals surface area contributed by atoms with Gasteiger partial charge in [0.05, 0.1) is 5.60 Å². The molecule has 1 spiro atoms. The molecule has 3 fully saturated rings. The molecular weight excluding hydrogens is 276 g/mol. The maximum atomic E-state index is 6.38. The van der Waals surface area contributed by atoms with E-state index in [2.05, 4.69) is 43.6 Å². The Labute approximate surface area is 114 Å². The molecule has 3 rings (SSSR count). The second kappa shape index (κ2) is 3.50. The van der Waals surface area contributed by atoms with Gasteiger partial charge < -0.3 is 4.74 Å². The second-order valence-electron chi connectivity index (χ2n) is 7.33. The Morgan fingerprint density at radius 3 is 2.53 bits per heavy atom. The molecule has 0 radical (unpaired) electrons. The molecule has 1 nitrogen and oxygen atoms in total. The average Bonchev–Trinajstić information content (AvgIpc) is 2.87. The van der Waals surface area contributed by atoms with E-state index in [-0.39, 0.29) is 11.2 Å². The van der Waals surface area contributed by atoms with Crippen LogP contribution in [0.3, 0.4) is 0 Å². The van der Waals surface area contributed by atoms with Crippen LogP contribution in [0, 0.1) is 17.3 Å². The van der Waals surface area contributed by atoms with Crippen LogP contribution in [-0.4, -0.2) is 16.0 Å². The molecule has 5 atom stereocenters. The number of epoxide rings is 1. The lowest BCUT2D eigenvalue weighted by Crippen LogP contribution is -2.54. The first-order valence-electron chi connectivity index (χ1n) is 7.19. The molecule has 0 unspecified atom stereocenters. The van der Waals surface area contributed by atoms with Gasteiger partial charge in [-0.15, -0.1) is 0 Å². The normalized spacial score (nSPS) is 57.5. The van der Waals surface area contributed by atoms with Crippen LogP contribution in [-0.2, 0) is 4.74 Å². The van der Waals surface area contributed by atoms with Crippen LogP contribution >= 0.6 is 15.9 Å². The Balaban J connectivity index is 1.93. The van der Waals surface area contributed by atoms with E-state index in [0.29, 0.717) is 10.2 Å². The van der Waals surface area contributed by atoms with Crippen molar-refractivity contribution in [3.8, 4) is 0 Å². The van der Waals surface area contributed by atoms with Crippen molar-refractivity contribution >= 4 is 15.9 Å². The lowest BCUT2D eigenvalue weighted by atomic mass is 9.54. The van der Waals surface area contributed by atoms with E-state index < -0.39 is 0 Å². The summed E-state index contributed by atoms with van der Waals surface area (Å²) < 4.78 is 6.38. The molecule has 1 saturated heterocycles. The van der Waals surface area contributed by atoms with Crippen molar-refractivity contribution in [1.82, 2.24) is 0 Å². The van der Waals surface area contributed by atoms with Crippen LogP contribution in [0.5, 0.6) is 0 Å². The number of hydrogen-bond donors (Lipinski definition) is 0. The van der Waals surface area contributed by atoms with Gasteiger partial charge in [0, 0.05) is 10.2 Å². The van der Waals surface area contributed by atoms with E-state index in [9.17, 15) is 0 Å². The maximum absolute atomic E-state index is 6.38. The van der Waals surface area contributed by atoms with E-state index in [1.165, 1.54) is 32.1 Å². The summed E-state index contributed by atoms with van der Waals surface area (Å²) in [4.78, 5) is 0.652. The van der Waals surface area contributed by atoms with Crippen molar-refractivity contribution < 1.29 is 4.74 Å². The first-order chi connectivity index (χ1) is 7.85. The molecule has 1 heterocycles. The highest BCUT2D eigenvalue weighted by atomic mass is 79.9. The van der Waals surface area contributed by atoms with Crippen molar-refractivity contribution in [2.75, 3.05) is 0 Å². The first-order valence-corrected chi connectivity index (χ1v) is 8.10. The average molecular weight is 301 g/mol.